The average molecular weight is 250 g/mol. The number of aromatic nitrogens is 1. The van der Waals surface area contributed by atoms with Crippen molar-refractivity contribution in [3.05, 3.63) is 30.0 Å². The molecule has 0 amide bonds. The Bertz CT molecular complexity index is 599. The van der Waals surface area contributed by atoms with E-state index in [9.17, 15) is 8.78 Å². The number of aryl methyl sites for hydroxylation is 1. The molecular weight excluding hydrogens is 238 g/mol. The summed E-state index contributed by atoms with van der Waals surface area (Å²) in [5.41, 5.74) is 1.29. The van der Waals surface area contributed by atoms with Crippen LogP contribution in [0, 0.1) is 11.3 Å². The number of nitriles is 1. The number of fused-ring (bicyclic) bond motifs is 1. The fourth-order valence-corrected chi connectivity index (χ4v) is 1.96. The maximum absolute atomic E-state index is 12.2. The first kappa shape index (κ1) is 12.4. The van der Waals surface area contributed by atoms with Crippen molar-refractivity contribution in [3.8, 4) is 11.8 Å². The zero-order chi connectivity index (χ0) is 13.1. The maximum atomic E-state index is 12.2. The zero-order valence-electron chi connectivity index (χ0n) is 9.86. The summed E-state index contributed by atoms with van der Waals surface area (Å²) in [4.78, 5) is 0. The highest BCUT2D eigenvalue weighted by Gasteiger charge is 2.11. The Labute approximate surface area is 103 Å². The van der Waals surface area contributed by atoms with Crippen molar-refractivity contribution in [1.29, 1.82) is 5.26 Å². The predicted molar refractivity (Wildman–Crippen MR) is 63.6 cm³/mol. The third kappa shape index (κ3) is 2.28. The van der Waals surface area contributed by atoms with Crippen LogP contribution in [0.4, 0.5) is 8.78 Å². The largest absolute Gasteiger partial charge is 0.435 e. The van der Waals surface area contributed by atoms with Crippen molar-refractivity contribution in [2.75, 3.05) is 0 Å². The van der Waals surface area contributed by atoms with Crippen LogP contribution in [0.2, 0.25) is 0 Å². The van der Waals surface area contributed by atoms with Crippen molar-refractivity contribution in [2.24, 2.45) is 0 Å². The van der Waals surface area contributed by atoms with Crippen LogP contribution in [0.1, 0.15) is 18.9 Å². The summed E-state index contributed by atoms with van der Waals surface area (Å²) in [5, 5.41) is 9.77. The quantitative estimate of drug-likeness (QED) is 0.832. The molecule has 0 saturated heterocycles. The molecular formula is C13H12F2N2O. The van der Waals surface area contributed by atoms with Crippen molar-refractivity contribution in [1.82, 2.24) is 4.57 Å². The molecule has 1 heterocycles. The molecule has 1 aromatic carbocycles. The van der Waals surface area contributed by atoms with E-state index in [-0.39, 0.29) is 5.75 Å². The van der Waals surface area contributed by atoms with Gasteiger partial charge in [-0.15, -0.1) is 0 Å². The lowest BCUT2D eigenvalue weighted by Crippen LogP contribution is -2.02. The van der Waals surface area contributed by atoms with Gasteiger partial charge in [-0.05, 0) is 18.6 Å². The van der Waals surface area contributed by atoms with E-state index in [0.29, 0.717) is 5.56 Å². The van der Waals surface area contributed by atoms with Crippen LogP contribution in [-0.2, 0) is 6.54 Å². The molecule has 2 rings (SSSR count). The van der Waals surface area contributed by atoms with Crippen molar-refractivity contribution in [2.45, 2.75) is 26.5 Å². The van der Waals surface area contributed by atoms with E-state index in [0.717, 1.165) is 23.9 Å². The second-order valence-electron chi connectivity index (χ2n) is 3.91. The van der Waals surface area contributed by atoms with Gasteiger partial charge in [0, 0.05) is 24.2 Å². The maximum Gasteiger partial charge on any atom is 0.387 e. The average Bonchev–Trinajstić information content (AvgIpc) is 2.67. The van der Waals surface area contributed by atoms with Gasteiger partial charge in [-0.1, -0.05) is 6.92 Å². The van der Waals surface area contributed by atoms with E-state index in [1.165, 1.54) is 12.1 Å². The lowest BCUT2D eigenvalue weighted by Gasteiger charge is -2.06. The van der Waals surface area contributed by atoms with Gasteiger partial charge in [-0.25, -0.2) is 0 Å². The molecule has 5 heteroatoms. The van der Waals surface area contributed by atoms with E-state index in [1.807, 2.05) is 11.5 Å². The van der Waals surface area contributed by atoms with Gasteiger partial charge in [0.2, 0.25) is 0 Å². The number of halogens is 2. The summed E-state index contributed by atoms with van der Waals surface area (Å²) in [7, 11) is 0. The molecule has 0 unspecified atom stereocenters. The standard InChI is InChI=1S/C13H12F2N2O/c1-2-5-17-8-9(7-16)11-4-3-10(6-12(11)17)18-13(14)15/h3-4,6,8,13H,2,5H2,1H3. The van der Waals surface area contributed by atoms with Crippen LogP contribution in [0.15, 0.2) is 24.4 Å². The second-order valence-corrected chi connectivity index (χ2v) is 3.91. The molecule has 0 spiro atoms. The van der Waals surface area contributed by atoms with Crippen LogP contribution in [-0.4, -0.2) is 11.2 Å². The normalized spacial score (nSPS) is 10.8. The van der Waals surface area contributed by atoms with Crippen LogP contribution in [0.5, 0.6) is 5.75 Å². The predicted octanol–water partition coefficient (Wildman–Crippen LogP) is 3.52. The van der Waals surface area contributed by atoms with Gasteiger partial charge in [0.25, 0.3) is 0 Å². The number of ether oxygens (including phenoxy) is 1. The Hall–Kier alpha value is -2.09. The molecule has 0 N–H and O–H groups in total. The molecule has 0 radical (unpaired) electrons. The van der Waals surface area contributed by atoms with Crippen LogP contribution in [0.3, 0.4) is 0 Å². The van der Waals surface area contributed by atoms with Crippen molar-refractivity contribution >= 4 is 10.9 Å². The van der Waals surface area contributed by atoms with Crippen molar-refractivity contribution < 1.29 is 13.5 Å². The van der Waals surface area contributed by atoms with Crippen molar-refractivity contribution in [3.63, 3.8) is 0 Å². The van der Waals surface area contributed by atoms with E-state index in [2.05, 4.69) is 10.8 Å². The first-order chi connectivity index (χ1) is 8.65. The molecule has 1 aromatic heterocycles. The van der Waals surface area contributed by atoms with Crippen LogP contribution >= 0.6 is 0 Å². The Morgan fingerprint density at radius 2 is 2.22 bits per heavy atom. The number of hydrogen-bond acceptors (Lipinski definition) is 2. The smallest absolute Gasteiger partial charge is 0.387 e. The number of alkyl halides is 2. The summed E-state index contributed by atoms with van der Waals surface area (Å²) >= 11 is 0. The zero-order valence-corrected chi connectivity index (χ0v) is 9.86. The first-order valence-corrected chi connectivity index (χ1v) is 5.63. The monoisotopic (exact) mass is 250 g/mol. The van der Waals surface area contributed by atoms with Crippen LogP contribution in [0.25, 0.3) is 10.9 Å². The highest BCUT2D eigenvalue weighted by Crippen LogP contribution is 2.26. The number of hydrogen-bond donors (Lipinski definition) is 0. The molecule has 0 aliphatic carbocycles. The van der Waals surface area contributed by atoms with Gasteiger partial charge in [0.05, 0.1) is 11.1 Å². The fraction of sp³-hybridized carbons (Fsp3) is 0.308. The van der Waals surface area contributed by atoms with E-state index < -0.39 is 6.61 Å². The minimum Gasteiger partial charge on any atom is -0.435 e. The molecule has 0 fully saturated rings. The lowest BCUT2D eigenvalue weighted by atomic mass is 10.2. The summed E-state index contributed by atoms with van der Waals surface area (Å²) in [6.45, 7) is -0.0966. The Morgan fingerprint density at radius 3 is 2.83 bits per heavy atom. The summed E-state index contributed by atoms with van der Waals surface area (Å²) in [6, 6.07) is 6.73. The topological polar surface area (TPSA) is 38.0 Å². The minimum absolute atomic E-state index is 0.109. The van der Waals surface area contributed by atoms with E-state index >= 15 is 0 Å². The number of rotatable bonds is 4. The fourth-order valence-electron chi connectivity index (χ4n) is 1.96. The molecule has 2 aromatic rings. The minimum atomic E-state index is -2.84. The molecule has 0 saturated carbocycles. The SMILES string of the molecule is CCCn1cc(C#N)c2ccc(OC(F)F)cc21. The Morgan fingerprint density at radius 1 is 1.44 bits per heavy atom. The molecule has 3 nitrogen and oxygen atoms in total. The molecule has 0 bridgehead atoms. The molecule has 0 aliphatic heterocycles. The molecule has 0 atom stereocenters. The summed E-state index contributed by atoms with van der Waals surface area (Å²) in [6.07, 6.45) is 2.63. The van der Waals surface area contributed by atoms with Gasteiger partial charge >= 0.3 is 6.61 Å². The third-order valence-electron chi connectivity index (χ3n) is 2.66. The van der Waals surface area contributed by atoms with Gasteiger partial charge in [-0.2, -0.15) is 14.0 Å². The molecule has 94 valence electrons. The Kier molecular flexibility index (Phi) is 3.47. The van der Waals surface area contributed by atoms with Gasteiger partial charge < -0.3 is 9.30 Å². The summed E-state index contributed by atoms with van der Waals surface area (Å²) in [5.74, 6) is 0.109. The van der Waals surface area contributed by atoms with E-state index in [1.54, 1.807) is 12.3 Å². The molecule has 0 aliphatic rings. The Balaban J connectivity index is 2.52. The van der Waals surface area contributed by atoms with E-state index in [4.69, 9.17) is 5.26 Å². The third-order valence-corrected chi connectivity index (χ3v) is 2.66. The second kappa shape index (κ2) is 5.05. The van der Waals surface area contributed by atoms with Gasteiger partial charge in [-0.3, -0.25) is 0 Å². The van der Waals surface area contributed by atoms with Crippen LogP contribution < -0.4 is 4.74 Å². The summed E-state index contributed by atoms with van der Waals surface area (Å²) < 4.78 is 30.6. The lowest BCUT2D eigenvalue weighted by molar-refractivity contribution is -0.0497. The highest BCUT2D eigenvalue weighted by atomic mass is 19.3. The highest BCUT2D eigenvalue weighted by molar-refractivity contribution is 5.87. The van der Waals surface area contributed by atoms with Gasteiger partial charge in [0.1, 0.15) is 11.8 Å². The molecule has 18 heavy (non-hydrogen) atoms. The van der Waals surface area contributed by atoms with Gasteiger partial charge in [0.15, 0.2) is 0 Å². The number of nitrogens with zero attached hydrogens (tertiary/aromatic N) is 2. The number of benzene rings is 1. The first-order valence-electron chi connectivity index (χ1n) is 5.63.